The molecule has 0 unspecified atom stereocenters. The van der Waals surface area contributed by atoms with Gasteiger partial charge in [0.15, 0.2) is 0 Å². The van der Waals surface area contributed by atoms with Gasteiger partial charge in [-0.2, -0.15) is 23.7 Å². The van der Waals surface area contributed by atoms with Gasteiger partial charge in [0, 0.05) is 35.3 Å². The highest BCUT2D eigenvalue weighted by atomic mass is 32.2. The van der Waals surface area contributed by atoms with E-state index in [9.17, 15) is 26.4 Å². The fourth-order valence-corrected chi connectivity index (χ4v) is 4.15. The zero-order valence-electron chi connectivity index (χ0n) is 16.8. The maximum Gasteiger partial charge on any atom is 0.417 e. The van der Waals surface area contributed by atoms with E-state index in [-0.39, 0.29) is 6.42 Å². The van der Waals surface area contributed by atoms with E-state index in [0.717, 1.165) is 29.1 Å². The minimum Gasteiger partial charge on any atom is -0.346 e. The van der Waals surface area contributed by atoms with Crippen molar-refractivity contribution in [2.45, 2.75) is 24.0 Å². The van der Waals surface area contributed by atoms with Crippen molar-refractivity contribution < 1.29 is 26.4 Å². The highest BCUT2D eigenvalue weighted by Crippen LogP contribution is 2.33. The normalized spacial score (nSPS) is 11.9. The lowest BCUT2D eigenvalue weighted by Crippen LogP contribution is -2.29. The Morgan fingerprint density at radius 1 is 1.15 bits per heavy atom. The number of para-hydroxylation sites is 1. The summed E-state index contributed by atoms with van der Waals surface area (Å²) in [6.45, 7) is 0.422. The monoisotopic (exact) mass is 472 g/mol. The third-order valence-corrected chi connectivity index (χ3v) is 6.00. The molecule has 0 aliphatic heterocycles. The summed E-state index contributed by atoms with van der Waals surface area (Å²) in [6, 6.07) is 12.5. The summed E-state index contributed by atoms with van der Waals surface area (Å²) in [5.74, 6) is -1.07. The van der Waals surface area contributed by atoms with Crippen LogP contribution >= 0.6 is 0 Å². The first-order chi connectivity index (χ1) is 15.6. The van der Waals surface area contributed by atoms with Gasteiger partial charge in [0.25, 0.3) is 15.9 Å². The van der Waals surface area contributed by atoms with Crippen LogP contribution in [-0.2, 0) is 27.5 Å². The molecular formula is C22H15F3N4O3S. The zero-order chi connectivity index (χ0) is 24.2. The summed E-state index contributed by atoms with van der Waals surface area (Å²) in [4.78, 5) is 11.4. The van der Waals surface area contributed by atoms with Crippen molar-refractivity contribution in [2.24, 2.45) is 0 Å². The van der Waals surface area contributed by atoms with Gasteiger partial charge in [0.1, 0.15) is 0 Å². The lowest BCUT2D eigenvalue weighted by atomic mass is 10.1. The van der Waals surface area contributed by atoms with Gasteiger partial charge in [0.2, 0.25) is 0 Å². The number of nitrogens with one attached hydrogen (secondary N) is 1. The first-order valence-corrected chi connectivity index (χ1v) is 10.9. The number of aromatic nitrogens is 1. The molecule has 0 aliphatic carbocycles. The SMILES string of the molecule is N#CCCn1cc(C=CC(=O)NS(=O)(=O)c2ccc(C#N)c(C(F)(F)F)c2)c2ccccc21. The van der Waals surface area contributed by atoms with E-state index in [1.54, 1.807) is 23.1 Å². The van der Waals surface area contributed by atoms with Gasteiger partial charge in [-0.05, 0) is 30.3 Å². The molecule has 0 radical (unpaired) electrons. The number of aryl methyl sites for hydroxylation is 1. The molecule has 1 aromatic heterocycles. The Morgan fingerprint density at radius 3 is 2.55 bits per heavy atom. The summed E-state index contributed by atoms with van der Waals surface area (Å²) >= 11 is 0. The Bertz CT molecular complexity index is 1440. The molecular weight excluding hydrogens is 457 g/mol. The van der Waals surface area contributed by atoms with E-state index in [1.807, 2.05) is 22.8 Å². The number of amides is 1. The number of hydrogen-bond donors (Lipinski definition) is 1. The van der Waals surface area contributed by atoms with Crippen LogP contribution < -0.4 is 4.72 Å². The number of nitriles is 2. The van der Waals surface area contributed by atoms with E-state index in [2.05, 4.69) is 0 Å². The molecule has 3 rings (SSSR count). The minimum atomic E-state index is -4.94. The average molecular weight is 472 g/mol. The molecule has 1 N–H and O–H groups in total. The largest absolute Gasteiger partial charge is 0.417 e. The summed E-state index contributed by atoms with van der Waals surface area (Å²) in [5.41, 5.74) is -0.743. The number of nitrogens with zero attached hydrogens (tertiary/aromatic N) is 3. The van der Waals surface area contributed by atoms with Crippen molar-refractivity contribution in [3.05, 3.63) is 71.4 Å². The van der Waals surface area contributed by atoms with Gasteiger partial charge in [-0.3, -0.25) is 4.79 Å². The molecule has 1 amide bonds. The number of carbonyl (C=O) groups excluding carboxylic acids is 1. The van der Waals surface area contributed by atoms with Gasteiger partial charge in [0.05, 0.1) is 34.6 Å². The maximum atomic E-state index is 13.1. The van der Waals surface area contributed by atoms with Crippen LogP contribution in [-0.4, -0.2) is 18.9 Å². The van der Waals surface area contributed by atoms with Gasteiger partial charge < -0.3 is 4.57 Å². The topological polar surface area (TPSA) is 116 Å². The van der Waals surface area contributed by atoms with Gasteiger partial charge >= 0.3 is 6.18 Å². The minimum absolute atomic E-state index is 0.269. The number of benzene rings is 2. The predicted octanol–water partition coefficient (Wildman–Crippen LogP) is 3.96. The van der Waals surface area contributed by atoms with E-state index < -0.39 is 38.1 Å². The molecule has 1 heterocycles. The Balaban J connectivity index is 1.86. The first kappa shape index (κ1) is 23.6. The van der Waals surface area contributed by atoms with Gasteiger partial charge in [-0.1, -0.05) is 18.2 Å². The predicted molar refractivity (Wildman–Crippen MR) is 113 cm³/mol. The molecule has 2 aromatic carbocycles. The lowest BCUT2D eigenvalue weighted by Gasteiger charge is -2.11. The fraction of sp³-hybridized carbons (Fsp3) is 0.136. The highest BCUT2D eigenvalue weighted by Gasteiger charge is 2.35. The molecule has 168 valence electrons. The van der Waals surface area contributed by atoms with Crippen LogP contribution in [0.25, 0.3) is 17.0 Å². The lowest BCUT2D eigenvalue weighted by molar-refractivity contribution is -0.137. The molecule has 0 saturated heterocycles. The molecule has 0 fully saturated rings. The molecule has 7 nitrogen and oxygen atoms in total. The highest BCUT2D eigenvalue weighted by molar-refractivity contribution is 7.90. The van der Waals surface area contributed by atoms with Crippen LogP contribution in [0.3, 0.4) is 0 Å². The molecule has 33 heavy (non-hydrogen) atoms. The molecule has 0 atom stereocenters. The second kappa shape index (κ2) is 9.18. The second-order valence-corrected chi connectivity index (χ2v) is 8.51. The molecule has 3 aromatic rings. The van der Waals surface area contributed by atoms with E-state index >= 15 is 0 Å². The van der Waals surface area contributed by atoms with Crippen molar-refractivity contribution in [2.75, 3.05) is 0 Å². The molecule has 11 heteroatoms. The van der Waals surface area contributed by atoms with Crippen molar-refractivity contribution in [1.82, 2.24) is 9.29 Å². The smallest absolute Gasteiger partial charge is 0.346 e. The third kappa shape index (κ3) is 5.22. The van der Waals surface area contributed by atoms with Crippen molar-refractivity contribution in [3.8, 4) is 12.1 Å². The summed E-state index contributed by atoms with van der Waals surface area (Å²) < 4.78 is 67.7. The Labute approximate surface area is 187 Å². The summed E-state index contributed by atoms with van der Waals surface area (Å²) in [5, 5.41) is 18.4. The molecule has 0 aliphatic rings. The van der Waals surface area contributed by atoms with E-state index in [1.165, 1.54) is 12.1 Å². The van der Waals surface area contributed by atoms with Crippen LogP contribution in [0.2, 0.25) is 0 Å². The Morgan fingerprint density at radius 2 is 1.88 bits per heavy atom. The fourth-order valence-electron chi connectivity index (χ4n) is 3.18. The second-order valence-electron chi connectivity index (χ2n) is 6.82. The molecule has 0 bridgehead atoms. The summed E-state index contributed by atoms with van der Waals surface area (Å²) in [7, 11) is -4.62. The quantitative estimate of drug-likeness (QED) is 0.545. The average Bonchev–Trinajstić information content (AvgIpc) is 3.12. The van der Waals surface area contributed by atoms with Crippen LogP contribution in [0.5, 0.6) is 0 Å². The summed E-state index contributed by atoms with van der Waals surface area (Å²) in [6.07, 6.45) is -0.653. The van der Waals surface area contributed by atoms with Gasteiger partial charge in [-0.15, -0.1) is 0 Å². The van der Waals surface area contributed by atoms with Crippen LogP contribution in [0.1, 0.15) is 23.1 Å². The Kier molecular flexibility index (Phi) is 6.56. The van der Waals surface area contributed by atoms with E-state index in [0.29, 0.717) is 18.2 Å². The number of fused-ring (bicyclic) bond motifs is 1. The Hall–Kier alpha value is -4.09. The first-order valence-electron chi connectivity index (χ1n) is 9.38. The van der Waals surface area contributed by atoms with E-state index in [4.69, 9.17) is 10.5 Å². The number of carbonyl (C=O) groups is 1. The van der Waals surface area contributed by atoms with Crippen LogP contribution in [0.4, 0.5) is 13.2 Å². The van der Waals surface area contributed by atoms with Crippen molar-refractivity contribution in [1.29, 1.82) is 10.5 Å². The third-order valence-electron chi connectivity index (χ3n) is 4.66. The zero-order valence-corrected chi connectivity index (χ0v) is 17.6. The van der Waals surface area contributed by atoms with Crippen molar-refractivity contribution in [3.63, 3.8) is 0 Å². The van der Waals surface area contributed by atoms with Crippen molar-refractivity contribution >= 4 is 32.9 Å². The molecule has 0 spiro atoms. The number of hydrogen-bond acceptors (Lipinski definition) is 5. The molecule has 0 saturated carbocycles. The number of halogens is 3. The van der Waals surface area contributed by atoms with Gasteiger partial charge in [-0.25, -0.2) is 13.1 Å². The maximum absolute atomic E-state index is 13.1. The number of alkyl halides is 3. The standard InChI is InChI=1S/C22H15F3N4O3S/c23-22(24,25)19-12-17(8-6-15(19)13-27)33(31,32)28-21(30)9-7-16-14-29(11-3-10-26)20-5-2-1-4-18(16)20/h1-2,4-9,12,14H,3,11H2,(H,28,30). The number of sulfonamides is 1. The number of rotatable bonds is 6. The van der Waals surface area contributed by atoms with Crippen LogP contribution in [0, 0.1) is 22.7 Å². The van der Waals surface area contributed by atoms with Crippen LogP contribution in [0.15, 0.2) is 59.6 Å².